The molecule has 106 valence electrons. The lowest BCUT2D eigenvalue weighted by atomic mass is 10.1. The Morgan fingerprint density at radius 2 is 1.74 bits per heavy atom. The second-order valence-electron chi connectivity index (χ2n) is 4.88. The third kappa shape index (κ3) is 3.98. The molecule has 6 heteroatoms. The van der Waals surface area contributed by atoms with Crippen LogP contribution >= 0.6 is 0 Å². The molecule has 0 amide bonds. The molecule has 1 aliphatic heterocycles. The Hall–Kier alpha value is -1.01. The van der Waals surface area contributed by atoms with E-state index in [1.165, 1.54) is 12.1 Å². The molecule has 0 unspecified atom stereocenters. The lowest BCUT2D eigenvalue weighted by Gasteiger charge is -2.26. The van der Waals surface area contributed by atoms with Crippen molar-refractivity contribution >= 4 is 9.84 Å². The van der Waals surface area contributed by atoms with Gasteiger partial charge in [0.15, 0.2) is 0 Å². The van der Waals surface area contributed by atoms with Crippen molar-refractivity contribution in [3.63, 3.8) is 0 Å². The molecule has 0 aliphatic carbocycles. The zero-order valence-electron chi connectivity index (χ0n) is 10.5. The molecule has 0 bridgehead atoms. The van der Waals surface area contributed by atoms with E-state index in [1.54, 1.807) is 18.2 Å². The molecule has 0 radical (unpaired) electrons. The van der Waals surface area contributed by atoms with E-state index in [9.17, 15) is 17.2 Å². The first kappa shape index (κ1) is 14.4. The van der Waals surface area contributed by atoms with Crippen LogP contribution in [0.5, 0.6) is 0 Å². The molecule has 0 spiro atoms. The van der Waals surface area contributed by atoms with Gasteiger partial charge in [-0.2, -0.15) is 8.78 Å². The summed E-state index contributed by atoms with van der Waals surface area (Å²) in [4.78, 5) is 0. The predicted octanol–water partition coefficient (Wildman–Crippen LogP) is 1.95. The van der Waals surface area contributed by atoms with Crippen LogP contribution in [0.25, 0.3) is 0 Å². The quantitative estimate of drug-likeness (QED) is 0.921. The molecule has 2 rings (SSSR count). The van der Waals surface area contributed by atoms with E-state index in [0.29, 0.717) is 12.8 Å². The van der Waals surface area contributed by atoms with Crippen LogP contribution in [-0.4, -0.2) is 32.5 Å². The molecule has 1 heterocycles. The van der Waals surface area contributed by atoms with Gasteiger partial charge in [0.1, 0.15) is 9.84 Å². The molecule has 0 aromatic heterocycles. The minimum absolute atomic E-state index is 0.0223. The number of alkyl halides is 2. The molecular formula is C13H17F2NO2S. The van der Waals surface area contributed by atoms with Crippen molar-refractivity contribution in [2.45, 2.75) is 24.8 Å². The van der Waals surface area contributed by atoms with Crippen molar-refractivity contribution in [1.82, 2.24) is 5.32 Å². The number of halogens is 2. The van der Waals surface area contributed by atoms with Gasteiger partial charge in [-0.1, -0.05) is 30.3 Å². The minimum atomic E-state index is -2.95. The van der Waals surface area contributed by atoms with Crippen LogP contribution in [-0.2, 0) is 15.8 Å². The third-order valence-corrected chi connectivity index (χ3v) is 5.08. The summed E-state index contributed by atoms with van der Waals surface area (Å²) in [5.74, 6) is -2.76. The standard InChI is InChI=1S/C13H17F2NO2S/c14-13(15,11-4-2-1-3-5-11)10-16-12-6-8-19(17,18)9-7-12/h1-5,12,16H,6-10H2. The number of sulfone groups is 1. The molecular weight excluding hydrogens is 272 g/mol. The fourth-order valence-electron chi connectivity index (χ4n) is 2.15. The Bertz CT molecular complexity index is 503. The highest BCUT2D eigenvalue weighted by atomic mass is 32.2. The lowest BCUT2D eigenvalue weighted by molar-refractivity contribution is -0.00598. The van der Waals surface area contributed by atoms with Crippen molar-refractivity contribution < 1.29 is 17.2 Å². The molecule has 1 aromatic rings. The fourth-order valence-corrected chi connectivity index (χ4v) is 3.64. The summed E-state index contributed by atoms with van der Waals surface area (Å²) in [6.45, 7) is -0.457. The average Bonchev–Trinajstić information content (AvgIpc) is 2.39. The van der Waals surface area contributed by atoms with E-state index in [-0.39, 0.29) is 23.1 Å². The van der Waals surface area contributed by atoms with Gasteiger partial charge in [-0.15, -0.1) is 0 Å². The highest BCUT2D eigenvalue weighted by Crippen LogP contribution is 2.27. The Morgan fingerprint density at radius 3 is 2.32 bits per heavy atom. The van der Waals surface area contributed by atoms with E-state index in [1.807, 2.05) is 0 Å². The summed E-state index contributed by atoms with van der Waals surface area (Å²) in [6.07, 6.45) is 0.820. The van der Waals surface area contributed by atoms with Gasteiger partial charge in [0.25, 0.3) is 5.92 Å². The molecule has 1 aliphatic rings. The first-order valence-corrected chi connectivity index (χ1v) is 8.08. The summed E-state index contributed by atoms with van der Waals surface area (Å²) in [5.41, 5.74) is -0.0223. The maximum Gasteiger partial charge on any atom is 0.285 e. The first-order valence-electron chi connectivity index (χ1n) is 6.26. The Morgan fingerprint density at radius 1 is 1.16 bits per heavy atom. The molecule has 1 saturated heterocycles. The zero-order valence-corrected chi connectivity index (χ0v) is 11.3. The van der Waals surface area contributed by atoms with Crippen molar-refractivity contribution in [1.29, 1.82) is 0 Å². The second-order valence-corrected chi connectivity index (χ2v) is 7.18. The Labute approximate surface area is 111 Å². The van der Waals surface area contributed by atoms with E-state index < -0.39 is 22.3 Å². The van der Waals surface area contributed by atoms with Crippen molar-refractivity contribution in [3.05, 3.63) is 35.9 Å². The second kappa shape index (κ2) is 5.54. The topological polar surface area (TPSA) is 46.2 Å². The monoisotopic (exact) mass is 289 g/mol. The molecule has 1 N–H and O–H groups in total. The van der Waals surface area contributed by atoms with Crippen LogP contribution in [0.2, 0.25) is 0 Å². The van der Waals surface area contributed by atoms with E-state index in [0.717, 1.165) is 0 Å². The number of nitrogens with one attached hydrogen (secondary N) is 1. The predicted molar refractivity (Wildman–Crippen MR) is 70.0 cm³/mol. The molecule has 3 nitrogen and oxygen atoms in total. The summed E-state index contributed by atoms with van der Waals surface area (Å²) in [6, 6.07) is 7.50. The van der Waals surface area contributed by atoms with E-state index >= 15 is 0 Å². The van der Waals surface area contributed by atoms with Gasteiger partial charge in [-0.05, 0) is 12.8 Å². The van der Waals surface area contributed by atoms with Crippen LogP contribution in [0, 0.1) is 0 Å². The van der Waals surface area contributed by atoms with Gasteiger partial charge in [-0.3, -0.25) is 0 Å². The Balaban J connectivity index is 1.89. The van der Waals surface area contributed by atoms with Crippen molar-refractivity contribution in [3.8, 4) is 0 Å². The number of benzene rings is 1. The van der Waals surface area contributed by atoms with Crippen LogP contribution < -0.4 is 5.32 Å². The van der Waals surface area contributed by atoms with Crippen molar-refractivity contribution in [2.24, 2.45) is 0 Å². The maximum atomic E-state index is 13.9. The average molecular weight is 289 g/mol. The van der Waals surface area contributed by atoms with Gasteiger partial charge in [0.05, 0.1) is 18.1 Å². The van der Waals surface area contributed by atoms with Crippen LogP contribution in [0.1, 0.15) is 18.4 Å². The van der Waals surface area contributed by atoms with Crippen LogP contribution in [0.15, 0.2) is 30.3 Å². The Kier molecular flexibility index (Phi) is 4.20. The SMILES string of the molecule is O=S1(=O)CCC(NCC(F)(F)c2ccccc2)CC1. The normalized spacial score (nSPS) is 20.3. The molecule has 19 heavy (non-hydrogen) atoms. The first-order chi connectivity index (χ1) is 8.89. The number of rotatable bonds is 4. The number of hydrogen-bond acceptors (Lipinski definition) is 3. The van der Waals surface area contributed by atoms with Gasteiger partial charge in [0, 0.05) is 11.6 Å². The lowest BCUT2D eigenvalue weighted by Crippen LogP contribution is -2.42. The van der Waals surface area contributed by atoms with Crippen molar-refractivity contribution in [2.75, 3.05) is 18.1 Å². The summed E-state index contributed by atoms with van der Waals surface area (Å²) >= 11 is 0. The van der Waals surface area contributed by atoms with Gasteiger partial charge < -0.3 is 5.32 Å². The van der Waals surface area contributed by atoms with Gasteiger partial charge in [0.2, 0.25) is 0 Å². The van der Waals surface area contributed by atoms with Gasteiger partial charge >= 0.3 is 0 Å². The van der Waals surface area contributed by atoms with E-state index in [2.05, 4.69) is 5.32 Å². The highest BCUT2D eigenvalue weighted by molar-refractivity contribution is 7.91. The largest absolute Gasteiger partial charge is 0.308 e. The van der Waals surface area contributed by atoms with Crippen LogP contribution in [0.4, 0.5) is 8.78 Å². The summed E-state index contributed by atoms with van der Waals surface area (Å²) in [5, 5.41) is 2.78. The smallest absolute Gasteiger partial charge is 0.285 e. The third-order valence-electron chi connectivity index (χ3n) is 3.36. The molecule has 1 fully saturated rings. The molecule has 0 atom stereocenters. The number of hydrogen-bond donors (Lipinski definition) is 1. The van der Waals surface area contributed by atoms with Gasteiger partial charge in [-0.25, -0.2) is 8.42 Å². The highest BCUT2D eigenvalue weighted by Gasteiger charge is 2.33. The molecule has 0 saturated carbocycles. The minimum Gasteiger partial charge on any atom is -0.308 e. The zero-order chi connectivity index (χ0) is 13.9. The summed E-state index contributed by atoms with van der Waals surface area (Å²) < 4.78 is 50.3. The maximum absolute atomic E-state index is 13.9. The van der Waals surface area contributed by atoms with Crippen LogP contribution in [0.3, 0.4) is 0 Å². The van der Waals surface area contributed by atoms with E-state index in [4.69, 9.17) is 0 Å². The molecule has 1 aromatic carbocycles. The summed E-state index contributed by atoms with van der Waals surface area (Å²) in [7, 11) is -2.95. The fraction of sp³-hybridized carbons (Fsp3) is 0.538.